The highest BCUT2D eigenvalue weighted by Gasteiger charge is 2.18. The van der Waals surface area contributed by atoms with Crippen molar-refractivity contribution in [3.8, 4) is 0 Å². The monoisotopic (exact) mass is 513 g/mol. The Morgan fingerprint density at radius 1 is 1.03 bits per heavy atom. The Kier molecular flexibility index (Phi) is 14.8. The fourth-order valence-corrected chi connectivity index (χ4v) is 3.79. The number of methoxy groups -OCH3 is 1. The van der Waals surface area contributed by atoms with E-state index in [-0.39, 0.29) is 23.9 Å². The molecule has 1 amide bonds. The number of rotatable bonds is 8. The van der Waals surface area contributed by atoms with Crippen LogP contribution in [0.25, 0.3) is 0 Å². The average molecular weight is 514 g/mol. The van der Waals surface area contributed by atoms with Gasteiger partial charge in [0.2, 0.25) is 0 Å². The quantitative estimate of drug-likeness (QED) is 0.219. The predicted molar refractivity (Wildman–Crippen MR) is 143 cm³/mol. The van der Waals surface area contributed by atoms with Gasteiger partial charge in [0.1, 0.15) is 0 Å². The second-order valence-corrected chi connectivity index (χ2v) is 11.9. The largest absolute Gasteiger partial charge is 0.399 e. The highest BCUT2D eigenvalue weighted by Crippen LogP contribution is 2.36. The zero-order valence-electron chi connectivity index (χ0n) is 21.2. The van der Waals surface area contributed by atoms with Gasteiger partial charge in [-0.2, -0.15) is 0 Å². The highest BCUT2D eigenvalue weighted by atomic mass is 32.2. The van der Waals surface area contributed by atoms with Crippen LogP contribution in [0.1, 0.15) is 45.0 Å². The predicted octanol–water partition coefficient (Wildman–Crippen LogP) is 5.03. The first-order chi connectivity index (χ1) is 15.8. The lowest BCUT2D eigenvalue weighted by molar-refractivity contribution is 0.0846. The maximum atomic E-state index is 12.0. The van der Waals surface area contributed by atoms with Crippen molar-refractivity contribution in [1.82, 2.24) is 5.32 Å². The summed E-state index contributed by atoms with van der Waals surface area (Å²) in [5.74, 6) is -0.334. The lowest BCUT2D eigenvalue weighted by atomic mass is 10.2. The van der Waals surface area contributed by atoms with Crippen molar-refractivity contribution in [1.29, 1.82) is 0 Å². The van der Waals surface area contributed by atoms with E-state index in [1.54, 1.807) is 24.3 Å². The van der Waals surface area contributed by atoms with Crippen molar-refractivity contribution in [2.75, 3.05) is 38.5 Å². The number of thioether (sulfide) groups is 1. The molecular formula is C24H40N3O5PS. The number of ether oxygens (including phenoxy) is 1. The molecule has 0 radical (unpaired) electrons. The highest BCUT2D eigenvalue weighted by molar-refractivity contribution is 8.00. The van der Waals surface area contributed by atoms with E-state index in [0.29, 0.717) is 11.3 Å². The van der Waals surface area contributed by atoms with Crippen LogP contribution in [0.2, 0.25) is 0 Å². The van der Waals surface area contributed by atoms with Gasteiger partial charge in [-0.05, 0) is 48.5 Å². The van der Waals surface area contributed by atoms with Crippen molar-refractivity contribution in [2.45, 2.75) is 50.3 Å². The molecule has 0 aliphatic carbocycles. The van der Waals surface area contributed by atoms with Gasteiger partial charge in [0.15, 0.2) is 0 Å². The van der Waals surface area contributed by atoms with E-state index in [1.165, 1.54) is 12.0 Å². The van der Waals surface area contributed by atoms with Crippen LogP contribution in [0.15, 0.2) is 53.4 Å². The van der Waals surface area contributed by atoms with E-state index in [4.69, 9.17) is 25.6 Å². The molecule has 34 heavy (non-hydrogen) atoms. The van der Waals surface area contributed by atoms with Crippen molar-refractivity contribution in [2.24, 2.45) is 0 Å². The minimum absolute atomic E-state index is 0.112. The van der Waals surface area contributed by atoms with Gasteiger partial charge in [-0.25, -0.2) is 0 Å². The Balaban J connectivity index is 0.000000662. The van der Waals surface area contributed by atoms with E-state index in [2.05, 4.69) is 38.2 Å². The van der Waals surface area contributed by atoms with Crippen LogP contribution in [0.3, 0.4) is 0 Å². The van der Waals surface area contributed by atoms with Crippen LogP contribution in [0, 0.1) is 0 Å². The minimum atomic E-state index is -3.59. The summed E-state index contributed by atoms with van der Waals surface area (Å²) in [6.45, 7) is 11.7. The summed E-state index contributed by atoms with van der Waals surface area (Å²) in [6, 6.07) is 13.9. The number of nitrogens with one attached hydrogen (secondary N) is 1. The molecule has 0 aromatic heterocycles. The van der Waals surface area contributed by atoms with E-state index < -0.39 is 13.6 Å². The molecule has 0 heterocycles. The fourth-order valence-electron chi connectivity index (χ4n) is 2.35. The molecule has 2 atom stereocenters. The van der Waals surface area contributed by atoms with E-state index in [0.717, 1.165) is 12.4 Å². The van der Waals surface area contributed by atoms with Gasteiger partial charge < -0.3 is 30.9 Å². The van der Waals surface area contributed by atoms with Gasteiger partial charge in [-0.3, -0.25) is 9.36 Å². The number of amides is 1. The fraction of sp³-hybridized carbons (Fsp3) is 0.458. The summed E-state index contributed by atoms with van der Waals surface area (Å²) in [4.78, 5) is 22.3. The Hall–Kier alpha value is -2.03. The van der Waals surface area contributed by atoms with Crippen molar-refractivity contribution in [3.63, 3.8) is 0 Å². The molecule has 0 aliphatic rings. The molecule has 10 heteroatoms. The molecule has 0 bridgehead atoms. The molecule has 192 valence electrons. The summed E-state index contributed by atoms with van der Waals surface area (Å²) in [6.07, 6.45) is 0. The normalized spacial score (nSPS) is 13.3. The third-order valence-electron chi connectivity index (χ3n) is 3.70. The van der Waals surface area contributed by atoms with Gasteiger partial charge >= 0.3 is 7.60 Å². The van der Waals surface area contributed by atoms with Crippen LogP contribution >= 0.6 is 19.4 Å². The van der Waals surface area contributed by atoms with E-state index in [1.807, 2.05) is 37.7 Å². The zero-order valence-corrected chi connectivity index (χ0v) is 22.9. The molecule has 0 spiro atoms. The number of carbonyl (C=O) groups excluding carboxylic acids is 1. The average Bonchev–Trinajstić information content (AvgIpc) is 2.75. The number of nitrogen functional groups attached to an aromatic ring is 2. The standard InChI is InChI=1S/C12H19N2O5P.C10H15NS.C2H6/c1-18-7-11(8-19-20(2,16)17)14-12(15)9-3-5-10(13)6-4-9;1-10(2,3)12-9-6-4-8(11)5-7-9;1-2/h3-6,11H,7-8,13H2,1-2H3,(H,14,15)(H,16,17);4-7H,11H2,1-3H3;1-2H3. The molecule has 8 nitrogen and oxygen atoms in total. The third kappa shape index (κ3) is 15.7. The first kappa shape index (κ1) is 32.0. The molecule has 2 aromatic rings. The summed E-state index contributed by atoms with van der Waals surface area (Å²) >= 11 is 1.85. The number of hydrogen-bond acceptors (Lipinski definition) is 7. The molecule has 0 aliphatic heterocycles. The van der Waals surface area contributed by atoms with Crippen molar-refractivity contribution in [3.05, 3.63) is 54.1 Å². The maximum Gasteiger partial charge on any atom is 0.325 e. The van der Waals surface area contributed by atoms with E-state index >= 15 is 0 Å². The SMILES string of the molecule is CC.CC(C)(C)Sc1ccc(N)cc1.COCC(COP(C)(=O)O)NC(=O)c1ccc(N)cc1. The van der Waals surface area contributed by atoms with Crippen molar-refractivity contribution >= 4 is 36.6 Å². The Labute approximate surface area is 208 Å². The topological polar surface area (TPSA) is 137 Å². The molecule has 2 aromatic carbocycles. The van der Waals surface area contributed by atoms with Gasteiger partial charge in [-0.15, -0.1) is 11.8 Å². The first-order valence-electron chi connectivity index (χ1n) is 10.9. The van der Waals surface area contributed by atoms with Crippen molar-refractivity contribution < 1.29 is 23.5 Å². The first-order valence-corrected chi connectivity index (χ1v) is 13.8. The van der Waals surface area contributed by atoms with Crippen LogP contribution < -0.4 is 16.8 Å². The Morgan fingerprint density at radius 2 is 1.50 bits per heavy atom. The Bertz CT molecular complexity index is 881. The van der Waals surface area contributed by atoms with Crippen LogP contribution in [0.5, 0.6) is 0 Å². The van der Waals surface area contributed by atoms with Gasteiger partial charge in [-0.1, -0.05) is 34.6 Å². The molecule has 0 saturated carbocycles. The minimum Gasteiger partial charge on any atom is -0.399 e. The number of benzene rings is 2. The van der Waals surface area contributed by atoms with Gasteiger partial charge in [0, 0.05) is 40.4 Å². The maximum absolute atomic E-state index is 12.0. The summed E-state index contributed by atoms with van der Waals surface area (Å²) in [5.41, 5.74) is 12.9. The molecule has 2 unspecified atom stereocenters. The Morgan fingerprint density at radius 3 is 1.91 bits per heavy atom. The van der Waals surface area contributed by atoms with Gasteiger partial charge in [0.05, 0.1) is 19.3 Å². The molecule has 6 N–H and O–H groups in total. The van der Waals surface area contributed by atoms with Gasteiger partial charge in [0.25, 0.3) is 5.91 Å². The van der Waals surface area contributed by atoms with Crippen LogP contribution in [0.4, 0.5) is 11.4 Å². The smallest absolute Gasteiger partial charge is 0.325 e. The lowest BCUT2D eigenvalue weighted by Crippen LogP contribution is -2.41. The summed E-state index contributed by atoms with van der Waals surface area (Å²) in [7, 11) is -2.12. The van der Waals surface area contributed by atoms with E-state index in [9.17, 15) is 9.36 Å². The molecule has 0 saturated heterocycles. The second kappa shape index (κ2) is 15.8. The molecule has 0 fully saturated rings. The molecular weight excluding hydrogens is 473 g/mol. The number of hydrogen-bond donors (Lipinski definition) is 4. The number of anilines is 2. The molecule has 2 rings (SSSR count). The summed E-state index contributed by atoms with van der Waals surface area (Å²) < 4.78 is 21.1. The third-order valence-corrected chi connectivity index (χ3v) is 5.44. The lowest BCUT2D eigenvalue weighted by Gasteiger charge is -2.19. The number of carbonyl (C=O) groups is 1. The second-order valence-electron chi connectivity index (χ2n) is 8.13. The number of nitrogens with two attached hydrogens (primary N) is 2. The van der Waals surface area contributed by atoms with Crippen LogP contribution in [-0.4, -0.2) is 48.6 Å². The zero-order chi connectivity index (χ0) is 26.4. The summed E-state index contributed by atoms with van der Waals surface area (Å²) in [5, 5.41) is 2.66. The van der Waals surface area contributed by atoms with Crippen LogP contribution in [-0.2, 0) is 13.8 Å².